The van der Waals surface area contributed by atoms with Gasteiger partial charge in [-0.1, -0.05) is 61.6 Å². The Morgan fingerprint density at radius 1 is 1.43 bits per heavy atom. The van der Waals surface area contributed by atoms with E-state index in [4.69, 9.17) is 5.11 Å². The summed E-state index contributed by atoms with van der Waals surface area (Å²) in [6.07, 6.45) is -0.793. The molecule has 0 heterocycles. The average Bonchev–Trinajstić information content (AvgIpc) is 2.49. The molecule has 0 spiro atoms. The molecule has 1 aliphatic carbocycles. The molecule has 1 saturated carbocycles. The van der Waals surface area contributed by atoms with Crippen LogP contribution in [-0.4, -0.2) is 24.4 Å². The fraction of sp³-hybridized carbons (Fsp3) is 0.875. The molecule has 82 valence electrons. The van der Waals surface area contributed by atoms with Crippen LogP contribution < -0.4 is 0 Å². The zero-order valence-corrected chi connectivity index (χ0v) is 12.4. The van der Waals surface area contributed by atoms with Gasteiger partial charge in [0.25, 0.3) is 0 Å². The van der Waals surface area contributed by atoms with E-state index in [1.807, 2.05) is 13.8 Å². The minimum Gasteiger partial charge on any atom is -0.481 e. The predicted molar refractivity (Wildman–Crippen MR) is 63.9 cm³/mol. The van der Waals surface area contributed by atoms with Gasteiger partial charge in [0.05, 0.1) is 12.0 Å². The first-order valence-corrected chi connectivity index (χ1v) is 6.45. The summed E-state index contributed by atoms with van der Waals surface area (Å²) in [5.74, 6) is -1.58. The van der Waals surface area contributed by atoms with E-state index in [0.29, 0.717) is 0 Å². The van der Waals surface area contributed by atoms with Crippen molar-refractivity contribution in [1.29, 1.82) is 0 Å². The van der Waals surface area contributed by atoms with Crippen molar-refractivity contribution in [3.63, 3.8) is 0 Å². The standard InChI is InChI=1S/C8H11Br3O3/c1-7(2)3(4(7)6(13)14)5(12)8(9,10)11/h3-5,12H,1-2H3,(H,13,14)/t3-,4+,5?/m0/s1. The van der Waals surface area contributed by atoms with Crippen molar-refractivity contribution in [2.24, 2.45) is 17.3 Å². The number of carboxylic acid groups (broad SMARTS) is 1. The Labute approximate surface area is 108 Å². The van der Waals surface area contributed by atoms with Crippen LogP contribution in [0.25, 0.3) is 0 Å². The van der Waals surface area contributed by atoms with Crippen LogP contribution in [0.3, 0.4) is 0 Å². The topological polar surface area (TPSA) is 57.5 Å². The molecule has 0 amide bonds. The van der Waals surface area contributed by atoms with Gasteiger partial charge in [-0.25, -0.2) is 0 Å². The van der Waals surface area contributed by atoms with Crippen LogP contribution in [0.4, 0.5) is 0 Å². The number of halogens is 3. The Bertz CT molecular complexity index is 259. The van der Waals surface area contributed by atoms with Crippen LogP contribution in [0, 0.1) is 17.3 Å². The summed E-state index contributed by atoms with van der Waals surface area (Å²) < 4.78 is -0.806. The van der Waals surface area contributed by atoms with Gasteiger partial charge in [0, 0.05) is 5.92 Å². The van der Waals surface area contributed by atoms with Gasteiger partial charge in [-0.05, 0) is 5.41 Å². The van der Waals surface area contributed by atoms with E-state index in [1.165, 1.54) is 0 Å². The smallest absolute Gasteiger partial charge is 0.307 e. The van der Waals surface area contributed by atoms with Gasteiger partial charge < -0.3 is 10.2 Å². The number of hydrogen-bond acceptors (Lipinski definition) is 2. The minimum atomic E-state index is -0.851. The van der Waals surface area contributed by atoms with E-state index in [2.05, 4.69) is 47.8 Å². The van der Waals surface area contributed by atoms with Crippen LogP contribution in [0.2, 0.25) is 0 Å². The fourth-order valence-electron chi connectivity index (χ4n) is 1.94. The monoisotopic (exact) mass is 392 g/mol. The Hall–Kier alpha value is 0.870. The lowest BCUT2D eigenvalue weighted by Crippen LogP contribution is -2.28. The van der Waals surface area contributed by atoms with E-state index >= 15 is 0 Å². The van der Waals surface area contributed by atoms with Crippen LogP contribution in [0.1, 0.15) is 13.8 Å². The number of carbonyl (C=O) groups is 1. The van der Waals surface area contributed by atoms with Gasteiger partial charge >= 0.3 is 5.97 Å². The summed E-state index contributed by atoms with van der Waals surface area (Å²) in [7, 11) is 0. The molecule has 1 rings (SSSR count). The second-order valence-electron chi connectivity index (χ2n) is 4.15. The highest BCUT2D eigenvalue weighted by Crippen LogP contribution is 2.63. The highest BCUT2D eigenvalue weighted by atomic mass is 80.0. The first kappa shape index (κ1) is 12.9. The van der Waals surface area contributed by atoms with Crippen LogP contribution >= 0.6 is 47.8 Å². The van der Waals surface area contributed by atoms with E-state index in [9.17, 15) is 9.90 Å². The van der Waals surface area contributed by atoms with Crippen LogP contribution in [0.5, 0.6) is 0 Å². The third-order valence-electron chi connectivity index (χ3n) is 2.85. The fourth-order valence-corrected chi connectivity index (χ4v) is 2.80. The zero-order chi connectivity index (χ0) is 11.3. The van der Waals surface area contributed by atoms with Crippen molar-refractivity contribution in [2.45, 2.75) is 22.1 Å². The molecule has 0 aromatic heterocycles. The Balaban J connectivity index is 2.79. The number of aliphatic hydroxyl groups is 1. The summed E-state index contributed by atoms with van der Waals surface area (Å²) in [6, 6.07) is 0. The summed E-state index contributed by atoms with van der Waals surface area (Å²) >= 11 is 9.61. The van der Waals surface area contributed by atoms with Gasteiger partial charge in [-0.3, -0.25) is 4.79 Å². The number of aliphatic hydroxyl groups excluding tert-OH is 1. The quantitative estimate of drug-likeness (QED) is 0.708. The van der Waals surface area contributed by atoms with Gasteiger partial charge in [0.15, 0.2) is 2.14 Å². The van der Waals surface area contributed by atoms with Crippen molar-refractivity contribution in [3.05, 3.63) is 0 Å². The second-order valence-corrected chi connectivity index (χ2v) is 11.1. The molecule has 0 bridgehead atoms. The lowest BCUT2D eigenvalue weighted by atomic mass is 10.1. The van der Waals surface area contributed by atoms with E-state index in [0.717, 1.165) is 0 Å². The molecule has 0 aromatic rings. The van der Waals surface area contributed by atoms with Crippen molar-refractivity contribution in [3.8, 4) is 0 Å². The summed E-state index contributed by atoms with van der Waals surface area (Å²) in [5.41, 5.74) is -0.355. The first-order chi connectivity index (χ1) is 6.10. The molecule has 0 saturated heterocycles. The molecule has 1 unspecified atom stereocenters. The summed E-state index contributed by atoms with van der Waals surface area (Å²) in [5, 5.41) is 18.8. The Morgan fingerprint density at radius 2 is 1.86 bits per heavy atom. The van der Waals surface area contributed by atoms with Crippen LogP contribution in [-0.2, 0) is 4.79 Å². The largest absolute Gasteiger partial charge is 0.481 e. The van der Waals surface area contributed by atoms with Crippen molar-refractivity contribution < 1.29 is 15.0 Å². The SMILES string of the molecule is CC1(C)[C@H](C(O)C(Br)(Br)Br)[C@@H]1C(=O)O. The van der Waals surface area contributed by atoms with Gasteiger partial charge in [-0.2, -0.15) is 0 Å². The maximum absolute atomic E-state index is 10.9. The third-order valence-corrected chi connectivity index (χ3v) is 4.26. The number of alkyl halides is 3. The molecule has 2 N–H and O–H groups in total. The molecule has 0 radical (unpaired) electrons. The minimum absolute atomic E-state index is 0.252. The van der Waals surface area contributed by atoms with Gasteiger partial charge in [0.2, 0.25) is 0 Å². The molecular weight excluding hydrogens is 384 g/mol. The normalized spacial score (nSPS) is 32.4. The maximum atomic E-state index is 10.9. The molecule has 14 heavy (non-hydrogen) atoms. The number of aliphatic carboxylic acids is 1. The molecule has 0 aliphatic heterocycles. The lowest BCUT2D eigenvalue weighted by Gasteiger charge is -2.21. The van der Waals surface area contributed by atoms with Crippen LogP contribution in [0.15, 0.2) is 0 Å². The van der Waals surface area contributed by atoms with Gasteiger partial charge in [0.1, 0.15) is 0 Å². The Morgan fingerprint density at radius 3 is 2.07 bits per heavy atom. The predicted octanol–water partition coefficient (Wildman–Crippen LogP) is 2.54. The zero-order valence-electron chi connectivity index (χ0n) is 7.67. The molecular formula is C8H11Br3O3. The lowest BCUT2D eigenvalue weighted by molar-refractivity contribution is -0.139. The third kappa shape index (κ3) is 2.18. The van der Waals surface area contributed by atoms with Crippen molar-refractivity contribution in [1.82, 2.24) is 0 Å². The maximum Gasteiger partial charge on any atom is 0.307 e. The molecule has 0 aromatic carbocycles. The molecule has 1 aliphatic rings. The highest BCUT2D eigenvalue weighted by molar-refractivity contribution is 9.39. The molecule has 1 fully saturated rings. The number of hydrogen-bond donors (Lipinski definition) is 2. The van der Waals surface area contributed by atoms with E-state index < -0.39 is 20.1 Å². The van der Waals surface area contributed by atoms with Gasteiger partial charge in [-0.15, -0.1) is 0 Å². The number of carboxylic acids is 1. The molecule has 3 nitrogen and oxygen atoms in total. The second kappa shape index (κ2) is 3.71. The van der Waals surface area contributed by atoms with Crippen molar-refractivity contribution >= 4 is 53.8 Å². The molecule has 6 heteroatoms. The highest BCUT2D eigenvalue weighted by Gasteiger charge is 2.67. The average molecular weight is 395 g/mol. The number of rotatable bonds is 2. The summed E-state index contributed by atoms with van der Waals surface area (Å²) in [6.45, 7) is 3.69. The van der Waals surface area contributed by atoms with Crippen molar-refractivity contribution in [2.75, 3.05) is 0 Å². The summed E-state index contributed by atoms with van der Waals surface area (Å²) in [4.78, 5) is 10.9. The molecule has 3 atom stereocenters. The first-order valence-electron chi connectivity index (χ1n) is 4.07. The van der Waals surface area contributed by atoms with E-state index in [1.54, 1.807) is 0 Å². The van der Waals surface area contributed by atoms with E-state index in [-0.39, 0.29) is 11.3 Å². The Kier molecular flexibility index (Phi) is 3.43.